The van der Waals surface area contributed by atoms with Crippen LogP contribution in [0.3, 0.4) is 0 Å². The maximum atomic E-state index is 13.4. The first-order valence-corrected chi connectivity index (χ1v) is 8.02. The zero-order valence-electron chi connectivity index (χ0n) is 12.9. The highest BCUT2D eigenvalue weighted by Crippen LogP contribution is 2.49. The molecule has 0 radical (unpaired) electrons. The first kappa shape index (κ1) is 27.0. The molecule has 0 aliphatic rings. The lowest BCUT2D eigenvalue weighted by atomic mass is 10.3. The second-order valence-corrected chi connectivity index (χ2v) is 6.47. The van der Waals surface area contributed by atoms with Crippen LogP contribution in [0.5, 0.6) is 0 Å². The Morgan fingerprint density at radius 1 is 0.786 bits per heavy atom. The summed E-state index contributed by atoms with van der Waals surface area (Å²) in [5, 5.41) is -6.56. The fraction of sp³-hybridized carbons (Fsp3) is 1.00. The van der Waals surface area contributed by atoms with Crippen molar-refractivity contribution in [3.8, 4) is 0 Å². The molecule has 2 unspecified atom stereocenters. The maximum absolute atomic E-state index is 13.4. The van der Waals surface area contributed by atoms with E-state index >= 15 is 0 Å². The first-order valence-electron chi connectivity index (χ1n) is 6.58. The summed E-state index contributed by atoms with van der Waals surface area (Å²) >= 11 is 0. The molecule has 0 amide bonds. The van der Waals surface area contributed by atoms with Gasteiger partial charge in [-0.05, 0) is 12.8 Å². The van der Waals surface area contributed by atoms with Gasteiger partial charge in [0.1, 0.15) is 0 Å². The number of hydrogen-bond acceptors (Lipinski definition) is 4. The second-order valence-electron chi connectivity index (χ2n) is 4.95. The normalized spacial score (nSPS) is 18.0. The lowest BCUT2D eigenvalue weighted by Gasteiger charge is -2.31. The van der Waals surface area contributed by atoms with Crippen molar-refractivity contribution < 1.29 is 75.1 Å². The van der Waals surface area contributed by atoms with Gasteiger partial charge < -0.3 is 9.47 Å². The minimum Gasteiger partial charge on any atom is -0.318 e. The maximum Gasteiger partial charge on any atom is 0.449 e. The minimum absolute atomic E-state index is 0.923. The van der Waals surface area contributed by atoms with Crippen LogP contribution in [0.25, 0.3) is 0 Å². The molecule has 0 aromatic heterocycles. The average Bonchev–Trinajstić information content (AvgIpc) is 2.45. The third-order valence-corrected chi connectivity index (χ3v) is 3.97. The van der Waals surface area contributed by atoms with Gasteiger partial charge in [-0.25, -0.2) is 8.78 Å². The van der Waals surface area contributed by atoms with E-state index in [1.165, 1.54) is 0 Å². The molecule has 0 aromatic carbocycles. The minimum atomic E-state index is -7.11. The predicted octanol–water partition coefficient (Wildman–Crippen LogP) is 4.00. The van der Waals surface area contributed by atoms with Gasteiger partial charge in [0.05, 0.1) is 13.2 Å². The van der Waals surface area contributed by atoms with Crippen molar-refractivity contribution in [1.82, 2.24) is 0 Å². The molecule has 0 aliphatic heterocycles. The van der Waals surface area contributed by atoms with Crippen LogP contribution in [0.1, 0.15) is 12.8 Å². The zero-order chi connectivity index (χ0) is 22.8. The van der Waals surface area contributed by atoms with Crippen LogP contribution >= 0.6 is 0 Å². The lowest BCUT2D eigenvalue weighted by Crippen LogP contribution is -2.61. The van der Waals surface area contributed by atoms with Gasteiger partial charge in [0, 0.05) is 0 Å². The summed E-state index contributed by atoms with van der Waals surface area (Å²) < 4.78 is 185. The summed E-state index contributed by atoms with van der Waals surface area (Å²) in [6, 6.07) is 0. The number of alkyl halides is 12. The predicted molar refractivity (Wildman–Crippen MR) is 63.4 cm³/mol. The summed E-state index contributed by atoms with van der Waals surface area (Å²) in [4.78, 5) is 0. The van der Waals surface area contributed by atoms with Crippen molar-refractivity contribution in [1.29, 1.82) is 0 Å². The van der Waals surface area contributed by atoms with Crippen molar-refractivity contribution >= 4 is 10.1 Å². The van der Waals surface area contributed by atoms with Crippen LogP contribution in [0, 0.1) is 0 Å². The molecule has 0 spiro atoms. The fourth-order valence-corrected chi connectivity index (χ4v) is 2.08. The van der Waals surface area contributed by atoms with Crippen LogP contribution in [0.2, 0.25) is 0 Å². The van der Waals surface area contributed by atoms with Crippen molar-refractivity contribution in [2.45, 2.75) is 48.6 Å². The first-order chi connectivity index (χ1) is 12.1. The highest BCUT2D eigenvalue weighted by Gasteiger charge is 2.80. The van der Waals surface area contributed by atoms with E-state index in [-0.39, 0.29) is 0 Å². The Kier molecular flexibility index (Phi) is 8.08. The van der Waals surface area contributed by atoms with E-state index < -0.39 is 71.9 Å². The Balaban J connectivity index is 4.77. The molecule has 2 atom stereocenters. The Bertz CT molecular complexity index is 615. The van der Waals surface area contributed by atoms with Crippen molar-refractivity contribution in [2.75, 3.05) is 13.2 Å². The van der Waals surface area contributed by atoms with Gasteiger partial charge in [-0.3, -0.25) is 4.55 Å². The molecule has 1 N–H and O–H groups in total. The molecule has 0 aliphatic carbocycles. The third kappa shape index (κ3) is 5.99. The standard InChI is InChI=1S/C10H10F12O5S/c11-5(6(12,13)14)7(15,16)26-3-1-2-4-27-10(21,22)8(17,9(18,19)20)28(23,24)25/h5H,1-4H2,(H,23,24,25). The Labute approximate surface area is 148 Å². The molecule has 28 heavy (non-hydrogen) atoms. The smallest absolute Gasteiger partial charge is 0.318 e. The monoisotopic (exact) mass is 470 g/mol. The van der Waals surface area contributed by atoms with Gasteiger partial charge in [-0.2, -0.15) is 52.3 Å². The fourth-order valence-electron chi connectivity index (χ4n) is 1.43. The summed E-state index contributed by atoms with van der Waals surface area (Å²) in [6.45, 7) is -3.06. The Morgan fingerprint density at radius 2 is 1.18 bits per heavy atom. The van der Waals surface area contributed by atoms with E-state index in [0.29, 0.717) is 0 Å². The summed E-state index contributed by atoms with van der Waals surface area (Å²) in [5.74, 6) is 0. The van der Waals surface area contributed by atoms with Crippen LogP contribution in [-0.4, -0.2) is 61.9 Å². The molecular weight excluding hydrogens is 460 g/mol. The van der Waals surface area contributed by atoms with E-state index in [4.69, 9.17) is 4.55 Å². The summed E-state index contributed by atoms with van der Waals surface area (Å²) in [6.07, 6.45) is -31.0. The highest BCUT2D eigenvalue weighted by atomic mass is 32.2. The van der Waals surface area contributed by atoms with Gasteiger partial charge in [0.15, 0.2) is 0 Å². The van der Waals surface area contributed by atoms with E-state index in [1.54, 1.807) is 0 Å². The van der Waals surface area contributed by atoms with Crippen molar-refractivity contribution in [3.63, 3.8) is 0 Å². The van der Waals surface area contributed by atoms with Crippen LogP contribution < -0.4 is 0 Å². The second kappa shape index (κ2) is 8.39. The van der Waals surface area contributed by atoms with E-state index in [9.17, 15) is 61.1 Å². The number of halogens is 12. The van der Waals surface area contributed by atoms with Gasteiger partial charge in [0.2, 0.25) is 0 Å². The van der Waals surface area contributed by atoms with E-state index in [2.05, 4.69) is 9.47 Å². The largest absolute Gasteiger partial charge is 0.449 e. The summed E-state index contributed by atoms with van der Waals surface area (Å²) in [5.41, 5.74) is 0. The number of unbranched alkanes of at least 4 members (excludes halogenated alkanes) is 1. The van der Waals surface area contributed by atoms with Crippen LogP contribution in [0.15, 0.2) is 0 Å². The molecule has 170 valence electrons. The molecule has 0 fully saturated rings. The average molecular weight is 470 g/mol. The molecule has 0 bridgehead atoms. The van der Waals surface area contributed by atoms with Crippen molar-refractivity contribution in [2.24, 2.45) is 0 Å². The van der Waals surface area contributed by atoms with Gasteiger partial charge in [0.25, 0.3) is 6.17 Å². The molecule has 5 nitrogen and oxygen atoms in total. The van der Waals surface area contributed by atoms with Gasteiger partial charge in [-0.1, -0.05) is 0 Å². The SMILES string of the molecule is O=S(=O)(O)C(F)(C(F)(F)F)C(F)(F)OCCCCOC(F)(F)C(F)C(F)(F)F. The van der Waals surface area contributed by atoms with Gasteiger partial charge in [-0.15, -0.1) is 0 Å². The Hall–Kier alpha value is -1.01. The zero-order valence-corrected chi connectivity index (χ0v) is 13.7. The molecule has 0 rings (SSSR count). The topological polar surface area (TPSA) is 72.8 Å². The molecule has 18 heteroatoms. The van der Waals surface area contributed by atoms with Crippen LogP contribution in [0.4, 0.5) is 52.7 Å². The number of hydrogen-bond donors (Lipinski definition) is 1. The lowest BCUT2D eigenvalue weighted by molar-refractivity contribution is -0.354. The highest BCUT2D eigenvalue weighted by molar-refractivity contribution is 7.87. The number of rotatable bonds is 10. The van der Waals surface area contributed by atoms with Gasteiger partial charge >= 0.3 is 39.7 Å². The van der Waals surface area contributed by atoms with Crippen molar-refractivity contribution in [3.05, 3.63) is 0 Å². The molecule has 0 saturated heterocycles. The number of ether oxygens (including phenoxy) is 2. The van der Waals surface area contributed by atoms with Crippen LogP contribution in [-0.2, 0) is 19.6 Å². The molecule has 0 saturated carbocycles. The molecule has 0 heterocycles. The summed E-state index contributed by atoms with van der Waals surface area (Å²) in [7, 11) is -7.11. The Morgan fingerprint density at radius 3 is 1.50 bits per heavy atom. The third-order valence-electron chi connectivity index (χ3n) is 2.79. The van der Waals surface area contributed by atoms with E-state index in [1.807, 2.05) is 0 Å². The quantitative estimate of drug-likeness (QED) is 0.297. The molecule has 0 aromatic rings. The molecular formula is C10H10F12O5S. The van der Waals surface area contributed by atoms with E-state index in [0.717, 1.165) is 0 Å².